The molecule has 0 amide bonds. The maximum absolute atomic E-state index is 2.76. The zero-order valence-electron chi connectivity index (χ0n) is 9.84. The van der Waals surface area contributed by atoms with Crippen molar-refractivity contribution in [1.82, 2.24) is 4.90 Å². The predicted octanol–water partition coefficient (Wildman–Crippen LogP) is 3.30. The third-order valence-electron chi connectivity index (χ3n) is 4.15. The lowest BCUT2D eigenvalue weighted by Gasteiger charge is -2.27. The highest BCUT2D eigenvalue weighted by atomic mass is 15.2. The first kappa shape index (κ1) is 10.5. The molecular formula is C13H25N. The molecule has 2 aliphatic rings. The number of likely N-dealkylation sites (tertiary alicyclic amines) is 1. The van der Waals surface area contributed by atoms with Crippen molar-refractivity contribution in [2.24, 2.45) is 11.8 Å². The molecule has 1 saturated carbocycles. The van der Waals surface area contributed by atoms with Crippen molar-refractivity contribution < 1.29 is 0 Å². The van der Waals surface area contributed by atoms with E-state index in [2.05, 4.69) is 18.7 Å². The molecule has 1 aliphatic heterocycles. The SMILES string of the molecule is CCC(C)CC1CC1N1CCCCC1. The molecule has 1 nitrogen and oxygen atoms in total. The van der Waals surface area contributed by atoms with E-state index >= 15 is 0 Å². The fraction of sp³-hybridized carbons (Fsp3) is 1.00. The van der Waals surface area contributed by atoms with Crippen molar-refractivity contribution >= 4 is 0 Å². The van der Waals surface area contributed by atoms with Crippen molar-refractivity contribution in [3.05, 3.63) is 0 Å². The smallest absolute Gasteiger partial charge is 0.0127 e. The van der Waals surface area contributed by atoms with Crippen LogP contribution in [0.3, 0.4) is 0 Å². The molecule has 0 N–H and O–H groups in total. The van der Waals surface area contributed by atoms with E-state index in [0.29, 0.717) is 0 Å². The van der Waals surface area contributed by atoms with Gasteiger partial charge in [0.15, 0.2) is 0 Å². The Morgan fingerprint density at radius 2 is 1.93 bits per heavy atom. The first-order valence-electron chi connectivity index (χ1n) is 6.55. The van der Waals surface area contributed by atoms with E-state index in [-0.39, 0.29) is 0 Å². The van der Waals surface area contributed by atoms with Crippen molar-refractivity contribution in [2.45, 2.75) is 58.4 Å². The van der Waals surface area contributed by atoms with Crippen LogP contribution in [0.15, 0.2) is 0 Å². The van der Waals surface area contributed by atoms with E-state index in [9.17, 15) is 0 Å². The molecule has 2 rings (SSSR count). The van der Waals surface area contributed by atoms with E-state index in [0.717, 1.165) is 17.9 Å². The molecule has 1 aliphatic carbocycles. The molecule has 1 heterocycles. The van der Waals surface area contributed by atoms with E-state index in [1.165, 1.54) is 51.6 Å². The van der Waals surface area contributed by atoms with Gasteiger partial charge in [-0.05, 0) is 50.6 Å². The summed E-state index contributed by atoms with van der Waals surface area (Å²) in [6.45, 7) is 7.51. The zero-order valence-corrected chi connectivity index (χ0v) is 9.84. The van der Waals surface area contributed by atoms with Crippen LogP contribution < -0.4 is 0 Å². The van der Waals surface area contributed by atoms with Gasteiger partial charge in [0.25, 0.3) is 0 Å². The third-order valence-corrected chi connectivity index (χ3v) is 4.15. The molecule has 0 bridgehead atoms. The summed E-state index contributed by atoms with van der Waals surface area (Å²) in [7, 11) is 0. The van der Waals surface area contributed by atoms with Gasteiger partial charge < -0.3 is 4.90 Å². The quantitative estimate of drug-likeness (QED) is 0.665. The van der Waals surface area contributed by atoms with Crippen LogP contribution in [0.2, 0.25) is 0 Å². The van der Waals surface area contributed by atoms with E-state index in [1.807, 2.05) is 0 Å². The molecule has 0 aromatic carbocycles. The Hall–Kier alpha value is -0.0400. The maximum Gasteiger partial charge on any atom is 0.0127 e. The monoisotopic (exact) mass is 195 g/mol. The Kier molecular flexibility index (Phi) is 3.48. The molecule has 0 radical (unpaired) electrons. The molecule has 14 heavy (non-hydrogen) atoms. The number of rotatable bonds is 4. The van der Waals surface area contributed by atoms with Gasteiger partial charge in [0.05, 0.1) is 0 Å². The molecule has 2 fully saturated rings. The van der Waals surface area contributed by atoms with Crippen LogP contribution in [0.1, 0.15) is 52.4 Å². The number of nitrogens with zero attached hydrogens (tertiary/aromatic N) is 1. The fourth-order valence-electron chi connectivity index (χ4n) is 2.87. The maximum atomic E-state index is 2.76. The lowest BCUT2D eigenvalue weighted by Crippen LogP contribution is -2.32. The number of piperidine rings is 1. The van der Waals surface area contributed by atoms with Crippen LogP contribution in [0.25, 0.3) is 0 Å². The van der Waals surface area contributed by atoms with Gasteiger partial charge in [-0.3, -0.25) is 0 Å². The molecule has 0 aromatic rings. The van der Waals surface area contributed by atoms with Gasteiger partial charge in [-0.15, -0.1) is 0 Å². The van der Waals surface area contributed by atoms with Crippen LogP contribution in [-0.2, 0) is 0 Å². The topological polar surface area (TPSA) is 3.24 Å². The Labute approximate surface area is 88.9 Å². The number of hydrogen-bond acceptors (Lipinski definition) is 1. The summed E-state index contributed by atoms with van der Waals surface area (Å²) in [6.07, 6.45) is 8.73. The average Bonchev–Trinajstić information content (AvgIpc) is 2.98. The Bertz CT molecular complexity index is 172. The average molecular weight is 195 g/mol. The van der Waals surface area contributed by atoms with Crippen LogP contribution >= 0.6 is 0 Å². The van der Waals surface area contributed by atoms with Gasteiger partial charge in [0.1, 0.15) is 0 Å². The molecule has 3 unspecified atom stereocenters. The van der Waals surface area contributed by atoms with Gasteiger partial charge >= 0.3 is 0 Å². The van der Waals surface area contributed by atoms with Gasteiger partial charge in [-0.25, -0.2) is 0 Å². The molecular weight excluding hydrogens is 170 g/mol. The molecule has 0 spiro atoms. The minimum absolute atomic E-state index is 0.954. The highest BCUT2D eigenvalue weighted by Crippen LogP contribution is 2.41. The highest BCUT2D eigenvalue weighted by molar-refractivity contribution is 4.96. The van der Waals surface area contributed by atoms with Crippen molar-refractivity contribution in [3.8, 4) is 0 Å². The van der Waals surface area contributed by atoms with Gasteiger partial charge in [-0.1, -0.05) is 26.7 Å². The Morgan fingerprint density at radius 3 is 2.57 bits per heavy atom. The van der Waals surface area contributed by atoms with Crippen LogP contribution in [0, 0.1) is 11.8 Å². The largest absolute Gasteiger partial charge is 0.300 e. The van der Waals surface area contributed by atoms with E-state index < -0.39 is 0 Å². The third kappa shape index (κ3) is 2.50. The summed E-state index contributed by atoms with van der Waals surface area (Å²) in [5, 5.41) is 0. The highest BCUT2D eigenvalue weighted by Gasteiger charge is 2.41. The molecule has 3 atom stereocenters. The van der Waals surface area contributed by atoms with Crippen LogP contribution in [-0.4, -0.2) is 24.0 Å². The summed E-state index contributed by atoms with van der Waals surface area (Å²) in [5.74, 6) is 2.01. The lowest BCUT2D eigenvalue weighted by atomic mass is 10.0. The standard InChI is InChI=1S/C13H25N/c1-3-11(2)9-12-10-13(12)14-7-5-4-6-8-14/h11-13H,3-10H2,1-2H3. The molecule has 82 valence electrons. The summed E-state index contributed by atoms with van der Waals surface area (Å²) < 4.78 is 0. The second-order valence-electron chi connectivity index (χ2n) is 5.41. The second kappa shape index (κ2) is 4.65. The number of hydrogen-bond donors (Lipinski definition) is 0. The minimum atomic E-state index is 0.954. The molecule has 0 aromatic heterocycles. The lowest BCUT2D eigenvalue weighted by molar-refractivity contribution is 0.205. The fourth-order valence-corrected chi connectivity index (χ4v) is 2.87. The minimum Gasteiger partial charge on any atom is -0.300 e. The summed E-state index contributed by atoms with van der Waals surface area (Å²) in [5.41, 5.74) is 0. The normalized spacial score (nSPS) is 35.6. The first-order chi connectivity index (χ1) is 6.81. The van der Waals surface area contributed by atoms with E-state index in [4.69, 9.17) is 0 Å². The van der Waals surface area contributed by atoms with Gasteiger partial charge in [-0.2, -0.15) is 0 Å². The van der Waals surface area contributed by atoms with E-state index in [1.54, 1.807) is 0 Å². The predicted molar refractivity (Wildman–Crippen MR) is 61.4 cm³/mol. The van der Waals surface area contributed by atoms with Crippen molar-refractivity contribution in [2.75, 3.05) is 13.1 Å². The molecule has 1 heteroatoms. The van der Waals surface area contributed by atoms with Crippen LogP contribution in [0.5, 0.6) is 0 Å². The van der Waals surface area contributed by atoms with Gasteiger partial charge in [0.2, 0.25) is 0 Å². The Morgan fingerprint density at radius 1 is 1.21 bits per heavy atom. The Balaban J connectivity index is 1.69. The van der Waals surface area contributed by atoms with Crippen LogP contribution in [0.4, 0.5) is 0 Å². The van der Waals surface area contributed by atoms with Crippen molar-refractivity contribution in [3.63, 3.8) is 0 Å². The molecule has 1 saturated heterocycles. The summed E-state index contributed by atoms with van der Waals surface area (Å²) >= 11 is 0. The second-order valence-corrected chi connectivity index (χ2v) is 5.41. The van der Waals surface area contributed by atoms with Crippen molar-refractivity contribution in [1.29, 1.82) is 0 Å². The first-order valence-corrected chi connectivity index (χ1v) is 6.55. The summed E-state index contributed by atoms with van der Waals surface area (Å²) in [4.78, 5) is 2.76. The van der Waals surface area contributed by atoms with Gasteiger partial charge in [0, 0.05) is 6.04 Å². The zero-order chi connectivity index (χ0) is 9.97. The summed E-state index contributed by atoms with van der Waals surface area (Å²) in [6, 6.07) is 0.990.